The highest BCUT2D eigenvalue weighted by atomic mass is 19.3. The molecular weight excluding hydrogens is 246 g/mol. The van der Waals surface area contributed by atoms with Gasteiger partial charge in [0.15, 0.2) is 6.23 Å². The Morgan fingerprint density at radius 3 is 2.83 bits per heavy atom. The van der Waals surface area contributed by atoms with Crippen LogP contribution in [0.3, 0.4) is 0 Å². The molecule has 2 N–H and O–H groups in total. The first kappa shape index (κ1) is 15.0. The maximum atomic E-state index is 13.6. The number of rotatable bonds is 7. The van der Waals surface area contributed by atoms with Crippen LogP contribution >= 0.6 is 0 Å². The summed E-state index contributed by atoms with van der Waals surface area (Å²) in [5.74, 6) is -2.96. The van der Waals surface area contributed by atoms with Gasteiger partial charge in [0.2, 0.25) is 6.41 Å². The molecular formula is C11H18F2N2O3. The molecule has 0 aromatic heterocycles. The monoisotopic (exact) mass is 264 g/mol. The number of ether oxygens (including phenoxy) is 1. The summed E-state index contributed by atoms with van der Waals surface area (Å²) in [5.41, 5.74) is 0. The van der Waals surface area contributed by atoms with Gasteiger partial charge in [-0.25, -0.2) is 8.78 Å². The summed E-state index contributed by atoms with van der Waals surface area (Å²) < 4.78 is 32.2. The average Bonchev–Trinajstić information content (AvgIpc) is 2.64. The fourth-order valence-electron chi connectivity index (χ4n) is 1.80. The second-order valence-electron chi connectivity index (χ2n) is 4.20. The van der Waals surface area contributed by atoms with Gasteiger partial charge in [0, 0.05) is 19.5 Å². The molecule has 5 nitrogen and oxygen atoms in total. The van der Waals surface area contributed by atoms with Crippen molar-refractivity contribution in [2.45, 2.75) is 24.7 Å². The van der Waals surface area contributed by atoms with Crippen LogP contribution in [0.25, 0.3) is 0 Å². The van der Waals surface area contributed by atoms with Gasteiger partial charge in [-0.15, -0.1) is 0 Å². The molecule has 1 aliphatic rings. The number of amides is 1. The van der Waals surface area contributed by atoms with Crippen LogP contribution in [0, 0.1) is 0 Å². The average molecular weight is 264 g/mol. The standard InChI is InChI=1S/C11H18F2N2O3/c1-15(5-3-2-4-14-8-17)10-11(12,13)6-9(7-16)18-10/h2-3,8-10,16H,4-7H2,1H3,(H,14,17)/b3-2-. The zero-order valence-electron chi connectivity index (χ0n) is 10.2. The summed E-state index contributed by atoms with van der Waals surface area (Å²) in [7, 11) is 1.52. The van der Waals surface area contributed by atoms with Crippen LogP contribution in [0.4, 0.5) is 8.78 Å². The van der Waals surface area contributed by atoms with E-state index in [1.165, 1.54) is 11.9 Å². The molecule has 18 heavy (non-hydrogen) atoms. The van der Waals surface area contributed by atoms with E-state index >= 15 is 0 Å². The lowest BCUT2D eigenvalue weighted by Crippen LogP contribution is -2.43. The van der Waals surface area contributed by atoms with E-state index in [9.17, 15) is 13.6 Å². The van der Waals surface area contributed by atoms with Gasteiger partial charge < -0.3 is 15.2 Å². The van der Waals surface area contributed by atoms with Crippen molar-refractivity contribution in [3.63, 3.8) is 0 Å². The molecule has 0 radical (unpaired) electrons. The number of aliphatic hydroxyl groups is 1. The van der Waals surface area contributed by atoms with E-state index in [0.29, 0.717) is 13.0 Å². The van der Waals surface area contributed by atoms with Crippen LogP contribution in [-0.4, -0.2) is 61.4 Å². The number of nitrogens with one attached hydrogen (secondary N) is 1. The number of nitrogens with zero attached hydrogens (tertiary/aromatic N) is 1. The molecule has 1 saturated heterocycles. The van der Waals surface area contributed by atoms with Crippen LogP contribution in [0.15, 0.2) is 12.2 Å². The number of carbonyl (C=O) groups excluding carboxylic acids is 1. The Kier molecular flexibility index (Phi) is 5.64. The quantitative estimate of drug-likeness (QED) is 0.385. The van der Waals surface area contributed by atoms with Crippen LogP contribution in [0.1, 0.15) is 6.42 Å². The first-order valence-corrected chi connectivity index (χ1v) is 5.67. The maximum Gasteiger partial charge on any atom is 0.289 e. The molecule has 7 heteroatoms. The third kappa shape index (κ3) is 4.01. The van der Waals surface area contributed by atoms with E-state index in [2.05, 4.69) is 5.32 Å². The predicted octanol–water partition coefficient (Wildman–Crippen LogP) is -0.0370. The third-order valence-corrected chi connectivity index (χ3v) is 2.67. The first-order valence-electron chi connectivity index (χ1n) is 5.67. The molecule has 2 unspecified atom stereocenters. The van der Waals surface area contributed by atoms with Gasteiger partial charge in [0.25, 0.3) is 5.92 Å². The Balaban J connectivity index is 2.43. The Morgan fingerprint density at radius 2 is 2.28 bits per heavy atom. The lowest BCUT2D eigenvalue weighted by Gasteiger charge is -2.26. The molecule has 1 fully saturated rings. The fraction of sp³-hybridized carbons (Fsp3) is 0.727. The third-order valence-electron chi connectivity index (χ3n) is 2.67. The highest BCUT2D eigenvalue weighted by molar-refractivity contribution is 5.46. The summed E-state index contributed by atoms with van der Waals surface area (Å²) in [4.78, 5) is 11.3. The lowest BCUT2D eigenvalue weighted by molar-refractivity contribution is -0.144. The largest absolute Gasteiger partial charge is 0.394 e. The molecule has 0 aromatic rings. The van der Waals surface area contributed by atoms with Gasteiger partial charge in [-0.2, -0.15) is 0 Å². The minimum absolute atomic E-state index is 0.277. The van der Waals surface area contributed by atoms with Gasteiger partial charge in [-0.1, -0.05) is 12.2 Å². The van der Waals surface area contributed by atoms with Gasteiger partial charge in [0.05, 0.1) is 12.7 Å². The number of halogens is 2. The second-order valence-corrected chi connectivity index (χ2v) is 4.20. The van der Waals surface area contributed by atoms with Crippen molar-refractivity contribution in [3.8, 4) is 0 Å². The maximum absolute atomic E-state index is 13.6. The van der Waals surface area contributed by atoms with Gasteiger partial charge in [0.1, 0.15) is 0 Å². The zero-order chi connectivity index (χ0) is 13.6. The molecule has 0 bridgehead atoms. The van der Waals surface area contributed by atoms with E-state index < -0.39 is 31.3 Å². The van der Waals surface area contributed by atoms with Crippen LogP contribution in [-0.2, 0) is 9.53 Å². The molecule has 1 rings (SSSR count). The molecule has 0 aliphatic carbocycles. The van der Waals surface area contributed by atoms with Crippen LogP contribution in [0.5, 0.6) is 0 Å². The fourth-order valence-corrected chi connectivity index (χ4v) is 1.80. The van der Waals surface area contributed by atoms with Crippen molar-refractivity contribution in [1.82, 2.24) is 10.2 Å². The van der Waals surface area contributed by atoms with Crippen molar-refractivity contribution in [3.05, 3.63) is 12.2 Å². The van der Waals surface area contributed by atoms with Crippen molar-refractivity contribution in [2.75, 3.05) is 26.7 Å². The van der Waals surface area contributed by atoms with Crippen molar-refractivity contribution in [2.24, 2.45) is 0 Å². The van der Waals surface area contributed by atoms with E-state index in [1.54, 1.807) is 12.2 Å². The summed E-state index contributed by atoms with van der Waals surface area (Å²) >= 11 is 0. The second kappa shape index (κ2) is 6.77. The van der Waals surface area contributed by atoms with E-state index in [-0.39, 0.29) is 6.54 Å². The number of hydrogen-bond donors (Lipinski definition) is 2. The molecule has 1 heterocycles. The minimum Gasteiger partial charge on any atom is -0.394 e. The van der Waals surface area contributed by atoms with E-state index in [0.717, 1.165) is 0 Å². The Bertz CT molecular complexity index is 300. The lowest BCUT2D eigenvalue weighted by atomic mass is 10.2. The molecule has 0 aromatic carbocycles. The Hall–Kier alpha value is -1.05. The summed E-state index contributed by atoms with van der Waals surface area (Å²) in [6.07, 6.45) is 1.30. The van der Waals surface area contributed by atoms with E-state index in [4.69, 9.17) is 9.84 Å². The normalized spacial score (nSPS) is 26.9. The molecule has 1 aliphatic heterocycles. The highest BCUT2D eigenvalue weighted by Gasteiger charge is 2.51. The summed E-state index contributed by atoms with van der Waals surface area (Å²) in [6.45, 7) is 0.233. The molecule has 104 valence electrons. The van der Waals surface area contributed by atoms with Gasteiger partial charge >= 0.3 is 0 Å². The predicted molar refractivity (Wildman–Crippen MR) is 61.1 cm³/mol. The van der Waals surface area contributed by atoms with E-state index in [1.807, 2.05) is 0 Å². The SMILES string of the molecule is CN(C/C=C\CNC=O)C1OC(CO)CC1(F)F. The van der Waals surface area contributed by atoms with Crippen molar-refractivity contribution < 1.29 is 23.4 Å². The smallest absolute Gasteiger partial charge is 0.289 e. The topological polar surface area (TPSA) is 61.8 Å². The van der Waals surface area contributed by atoms with Gasteiger partial charge in [-0.05, 0) is 7.05 Å². The minimum atomic E-state index is -2.96. The Morgan fingerprint density at radius 1 is 1.56 bits per heavy atom. The number of carbonyl (C=O) groups is 1. The van der Waals surface area contributed by atoms with Gasteiger partial charge in [-0.3, -0.25) is 9.69 Å². The van der Waals surface area contributed by atoms with Crippen molar-refractivity contribution >= 4 is 6.41 Å². The van der Waals surface area contributed by atoms with Crippen LogP contribution in [0.2, 0.25) is 0 Å². The molecule has 0 spiro atoms. The molecule has 2 atom stereocenters. The zero-order valence-corrected chi connectivity index (χ0v) is 10.2. The number of likely N-dealkylation sites (N-methyl/N-ethyl adjacent to an activating group) is 1. The Labute approximate surface area is 104 Å². The van der Waals surface area contributed by atoms with Crippen LogP contribution < -0.4 is 5.32 Å². The summed E-state index contributed by atoms with van der Waals surface area (Å²) in [6, 6.07) is 0. The van der Waals surface area contributed by atoms with Crippen molar-refractivity contribution in [1.29, 1.82) is 0 Å². The highest BCUT2D eigenvalue weighted by Crippen LogP contribution is 2.36. The summed E-state index contributed by atoms with van der Waals surface area (Å²) in [5, 5.41) is 11.3. The molecule has 0 saturated carbocycles. The number of alkyl halides is 2. The number of hydrogen-bond acceptors (Lipinski definition) is 4. The number of aliphatic hydroxyl groups excluding tert-OH is 1. The molecule has 1 amide bonds. The first-order chi connectivity index (χ1) is 8.51.